The van der Waals surface area contributed by atoms with Crippen LogP contribution in [-0.4, -0.2) is 55.5 Å². The van der Waals surface area contributed by atoms with Crippen LogP contribution in [-0.2, 0) is 11.2 Å². The number of likely N-dealkylation sites (N-methyl/N-ethyl adjacent to an activating group) is 1. The summed E-state index contributed by atoms with van der Waals surface area (Å²) >= 11 is 0. The van der Waals surface area contributed by atoms with Crippen LogP contribution in [0.1, 0.15) is 48.4 Å². The Kier molecular flexibility index (Phi) is 5.28. The zero-order valence-corrected chi connectivity index (χ0v) is 18.3. The van der Waals surface area contributed by atoms with Crippen molar-refractivity contribution in [1.82, 2.24) is 9.80 Å². The van der Waals surface area contributed by atoms with Gasteiger partial charge in [-0.2, -0.15) is 0 Å². The van der Waals surface area contributed by atoms with Gasteiger partial charge in [0.25, 0.3) is 0 Å². The van der Waals surface area contributed by atoms with Crippen molar-refractivity contribution in [2.75, 3.05) is 44.7 Å². The van der Waals surface area contributed by atoms with E-state index in [1.165, 1.54) is 22.4 Å². The average molecular weight is 404 g/mol. The monoisotopic (exact) mass is 403 g/mol. The largest absolute Gasteiger partial charge is 0.369 e. The number of carbonyl (C=O) groups excluding carboxylic acids is 1. The van der Waals surface area contributed by atoms with Crippen LogP contribution in [0, 0.1) is 5.92 Å². The summed E-state index contributed by atoms with van der Waals surface area (Å²) in [6, 6.07) is 17.7. The Bertz CT molecular complexity index is 904. The lowest BCUT2D eigenvalue weighted by Gasteiger charge is -2.39. The average Bonchev–Trinajstić information content (AvgIpc) is 2.93. The number of benzene rings is 2. The minimum atomic E-state index is 0.245. The fraction of sp³-hybridized carbons (Fsp3) is 0.500. The lowest BCUT2D eigenvalue weighted by atomic mass is 9.85. The van der Waals surface area contributed by atoms with Crippen molar-refractivity contribution in [3.8, 4) is 0 Å². The highest BCUT2D eigenvalue weighted by atomic mass is 16.2. The fourth-order valence-corrected chi connectivity index (χ4v) is 5.81. The van der Waals surface area contributed by atoms with E-state index in [0.29, 0.717) is 24.2 Å². The normalized spacial score (nSPS) is 26.0. The van der Waals surface area contributed by atoms with E-state index in [9.17, 15) is 4.79 Å². The van der Waals surface area contributed by atoms with Crippen LogP contribution < -0.4 is 4.90 Å². The van der Waals surface area contributed by atoms with Crippen molar-refractivity contribution in [3.63, 3.8) is 0 Å². The van der Waals surface area contributed by atoms with Crippen molar-refractivity contribution >= 4 is 11.6 Å². The number of amides is 1. The number of carbonyl (C=O) groups is 1. The molecule has 1 amide bonds. The maximum atomic E-state index is 13.2. The molecule has 2 aromatic rings. The highest BCUT2D eigenvalue weighted by Crippen LogP contribution is 2.53. The van der Waals surface area contributed by atoms with Crippen LogP contribution in [0.4, 0.5) is 5.69 Å². The summed E-state index contributed by atoms with van der Waals surface area (Å²) in [6.07, 6.45) is 2.52. The van der Waals surface area contributed by atoms with E-state index in [1.54, 1.807) is 0 Å². The second-order valence-corrected chi connectivity index (χ2v) is 9.38. The molecule has 5 rings (SSSR count). The van der Waals surface area contributed by atoms with Crippen molar-refractivity contribution in [2.24, 2.45) is 5.92 Å². The van der Waals surface area contributed by atoms with Crippen molar-refractivity contribution in [1.29, 1.82) is 0 Å². The van der Waals surface area contributed by atoms with Crippen molar-refractivity contribution in [2.45, 2.75) is 38.1 Å². The van der Waals surface area contributed by atoms with Gasteiger partial charge in [0.1, 0.15) is 0 Å². The van der Waals surface area contributed by atoms with Gasteiger partial charge in [0.05, 0.1) is 6.04 Å². The maximum absolute atomic E-state index is 13.2. The Morgan fingerprint density at radius 3 is 2.50 bits per heavy atom. The van der Waals surface area contributed by atoms with E-state index in [1.807, 2.05) is 6.07 Å². The summed E-state index contributed by atoms with van der Waals surface area (Å²) in [6.45, 7) is 7.64. The number of aryl methyl sites for hydroxylation is 1. The highest BCUT2D eigenvalue weighted by molar-refractivity contribution is 5.78. The molecule has 0 spiro atoms. The van der Waals surface area contributed by atoms with E-state index in [0.717, 1.165) is 45.6 Å². The zero-order chi connectivity index (χ0) is 20.7. The summed E-state index contributed by atoms with van der Waals surface area (Å²) in [5.74, 6) is 1.42. The first-order valence-electron chi connectivity index (χ1n) is 11.5. The molecule has 2 fully saturated rings. The molecule has 0 aromatic heterocycles. The zero-order valence-electron chi connectivity index (χ0n) is 18.3. The molecule has 3 aliphatic rings. The lowest BCUT2D eigenvalue weighted by molar-refractivity contribution is -0.136. The molecule has 4 nitrogen and oxygen atoms in total. The molecule has 0 N–H and O–H groups in total. The van der Waals surface area contributed by atoms with Gasteiger partial charge in [-0.05, 0) is 60.5 Å². The third-order valence-electron chi connectivity index (χ3n) is 7.60. The summed E-state index contributed by atoms with van der Waals surface area (Å²) in [7, 11) is 2.20. The molecule has 0 saturated carbocycles. The number of anilines is 1. The van der Waals surface area contributed by atoms with Gasteiger partial charge in [0.15, 0.2) is 0 Å². The van der Waals surface area contributed by atoms with Gasteiger partial charge in [-0.1, -0.05) is 43.3 Å². The lowest BCUT2D eigenvalue weighted by Crippen LogP contribution is -2.44. The summed E-state index contributed by atoms with van der Waals surface area (Å²) in [5, 5.41) is 0. The van der Waals surface area contributed by atoms with Crippen LogP contribution >= 0.6 is 0 Å². The topological polar surface area (TPSA) is 26.8 Å². The Morgan fingerprint density at radius 2 is 1.73 bits per heavy atom. The van der Waals surface area contributed by atoms with E-state index in [2.05, 4.69) is 71.1 Å². The first-order chi connectivity index (χ1) is 14.6. The minimum Gasteiger partial charge on any atom is -0.369 e. The molecular weight excluding hydrogens is 370 g/mol. The molecule has 2 bridgehead atoms. The van der Waals surface area contributed by atoms with Crippen LogP contribution in [0.5, 0.6) is 0 Å². The number of rotatable bonds is 4. The highest BCUT2D eigenvalue weighted by Gasteiger charge is 2.46. The summed E-state index contributed by atoms with van der Waals surface area (Å²) in [4.78, 5) is 20.3. The number of fused-ring (bicyclic) bond motifs is 5. The van der Waals surface area contributed by atoms with Crippen molar-refractivity contribution < 1.29 is 4.79 Å². The van der Waals surface area contributed by atoms with Gasteiger partial charge in [-0.3, -0.25) is 4.79 Å². The Balaban J connectivity index is 1.36. The Hall–Kier alpha value is -2.33. The fourth-order valence-electron chi connectivity index (χ4n) is 5.81. The molecule has 2 unspecified atom stereocenters. The summed E-state index contributed by atoms with van der Waals surface area (Å²) < 4.78 is 0. The quantitative estimate of drug-likeness (QED) is 0.770. The molecule has 2 heterocycles. The Labute approximate surface area is 180 Å². The van der Waals surface area contributed by atoms with E-state index >= 15 is 0 Å². The number of hydrogen-bond acceptors (Lipinski definition) is 3. The van der Waals surface area contributed by atoms with Crippen LogP contribution in [0.3, 0.4) is 0 Å². The molecule has 2 aliphatic heterocycles. The molecule has 1 aliphatic carbocycles. The molecule has 4 heteroatoms. The first kappa shape index (κ1) is 19.6. The molecule has 3 atom stereocenters. The SMILES string of the molecule is C[C@H]1C2CCN(C(=O)CCc3ccccc3)C1c1cc(N3CCN(C)CC3)ccc12. The van der Waals surface area contributed by atoms with Crippen LogP contribution in [0.25, 0.3) is 0 Å². The smallest absolute Gasteiger partial charge is 0.223 e. The van der Waals surface area contributed by atoms with Gasteiger partial charge >= 0.3 is 0 Å². The van der Waals surface area contributed by atoms with E-state index in [4.69, 9.17) is 0 Å². The van der Waals surface area contributed by atoms with Gasteiger partial charge in [0.2, 0.25) is 5.91 Å². The number of nitrogens with zero attached hydrogens (tertiary/aromatic N) is 3. The maximum Gasteiger partial charge on any atom is 0.223 e. The predicted molar refractivity (Wildman–Crippen MR) is 122 cm³/mol. The van der Waals surface area contributed by atoms with Gasteiger partial charge in [-0.15, -0.1) is 0 Å². The molecule has 2 aromatic carbocycles. The van der Waals surface area contributed by atoms with Gasteiger partial charge < -0.3 is 14.7 Å². The molecule has 158 valence electrons. The first-order valence-corrected chi connectivity index (χ1v) is 11.5. The van der Waals surface area contributed by atoms with Crippen LogP contribution in [0.2, 0.25) is 0 Å². The van der Waals surface area contributed by atoms with Gasteiger partial charge in [-0.25, -0.2) is 0 Å². The number of piperazine rings is 1. The second kappa shape index (κ2) is 8.07. The van der Waals surface area contributed by atoms with Crippen molar-refractivity contribution in [3.05, 3.63) is 65.2 Å². The second-order valence-electron chi connectivity index (χ2n) is 9.38. The van der Waals surface area contributed by atoms with Gasteiger partial charge in [0, 0.05) is 44.8 Å². The molecule has 30 heavy (non-hydrogen) atoms. The van der Waals surface area contributed by atoms with E-state index in [-0.39, 0.29) is 6.04 Å². The third-order valence-corrected chi connectivity index (χ3v) is 7.60. The number of likely N-dealkylation sites (tertiary alicyclic amines) is 1. The standard InChI is InChI=1S/C26H33N3O/c1-19-22-12-13-29(25(30)11-8-20-6-4-3-5-7-20)26(19)24-18-21(9-10-23(22)24)28-16-14-27(2)15-17-28/h3-7,9-10,18-19,22,26H,8,11-17H2,1-2H3/t19-,22?,26?/m0/s1. The minimum absolute atomic E-state index is 0.245. The molecule has 0 radical (unpaired) electrons. The predicted octanol–water partition coefficient (Wildman–Crippen LogP) is 4.08. The number of hydrogen-bond donors (Lipinski definition) is 0. The molecular formula is C26H33N3O. The summed E-state index contributed by atoms with van der Waals surface area (Å²) in [5.41, 5.74) is 5.48. The Morgan fingerprint density at radius 1 is 0.967 bits per heavy atom. The third kappa shape index (κ3) is 3.51. The molecule has 2 saturated heterocycles. The van der Waals surface area contributed by atoms with E-state index < -0.39 is 0 Å². The van der Waals surface area contributed by atoms with Crippen LogP contribution in [0.15, 0.2) is 48.5 Å². The number of piperidine rings is 1.